The van der Waals surface area contributed by atoms with E-state index in [4.69, 9.17) is 5.73 Å². The Morgan fingerprint density at radius 3 is 2.50 bits per heavy atom. The smallest absolute Gasteiger partial charge is 0.366 e. The maximum atomic E-state index is 12.7. The van der Waals surface area contributed by atoms with Crippen LogP contribution in [0.2, 0.25) is 0 Å². The molecule has 1 saturated heterocycles. The highest BCUT2D eigenvalue weighted by molar-refractivity contribution is 5.97. The molecule has 2 amide bonds. The van der Waals surface area contributed by atoms with Gasteiger partial charge in [-0.25, -0.2) is 9.97 Å². The zero-order valence-electron chi connectivity index (χ0n) is 20.0. The normalized spacial score (nSPS) is 15.7. The molecule has 1 atom stereocenters. The van der Waals surface area contributed by atoms with E-state index in [-0.39, 0.29) is 23.7 Å². The van der Waals surface area contributed by atoms with Crippen molar-refractivity contribution in [1.29, 1.82) is 0 Å². The number of nitrogens with zero attached hydrogens (tertiary/aromatic N) is 4. The van der Waals surface area contributed by atoms with E-state index >= 15 is 0 Å². The maximum absolute atomic E-state index is 12.7. The molecule has 2 aromatic heterocycles. The molecule has 0 radical (unpaired) electrons. The van der Waals surface area contributed by atoms with Gasteiger partial charge < -0.3 is 20.5 Å². The topological polar surface area (TPSA) is 106 Å². The number of primary amides is 1. The molecule has 1 aliphatic rings. The van der Waals surface area contributed by atoms with Crippen molar-refractivity contribution in [1.82, 2.24) is 19.9 Å². The van der Waals surface area contributed by atoms with Crippen molar-refractivity contribution >= 4 is 28.7 Å². The van der Waals surface area contributed by atoms with Crippen LogP contribution in [0.25, 0.3) is 10.9 Å². The summed E-state index contributed by atoms with van der Waals surface area (Å²) in [4.78, 5) is 33.8. The fourth-order valence-corrected chi connectivity index (χ4v) is 4.60. The van der Waals surface area contributed by atoms with Gasteiger partial charge in [-0.15, -0.1) is 0 Å². The number of carbonyl (C=O) groups is 2. The second-order valence-corrected chi connectivity index (χ2v) is 9.17. The van der Waals surface area contributed by atoms with Crippen LogP contribution in [-0.2, 0) is 17.5 Å². The summed E-state index contributed by atoms with van der Waals surface area (Å²) in [6.45, 7) is 4.29. The van der Waals surface area contributed by atoms with Crippen molar-refractivity contribution in [3.63, 3.8) is 0 Å². The Labute approximate surface area is 206 Å². The molecule has 0 bridgehead atoms. The van der Waals surface area contributed by atoms with Crippen LogP contribution in [0.4, 0.5) is 19.1 Å². The third-order valence-electron chi connectivity index (χ3n) is 6.84. The number of carbonyl (C=O) groups excluding carboxylic acids is 2. The van der Waals surface area contributed by atoms with Gasteiger partial charge in [0.15, 0.2) is 0 Å². The number of halogens is 3. The number of amides is 2. The molecule has 1 unspecified atom stereocenters. The molecule has 3 aromatic rings. The zero-order valence-corrected chi connectivity index (χ0v) is 20.0. The molecule has 3 heterocycles. The molecule has 0 aliphatic carbocycles. The summed E-state index contributed by atoms with van der Waals surface area (Å²) < 4.78 is 40.2. The van der Waals surface area contributed by atoms with Gasteiger partial charge in [-0.3, -0.25) is 9.59 Å². The Hall–Kier alpha value is -3.63. The number of fused-ring (bicyclic) bond motifs is 1. The zero-order chi connectivity index (χ0) is 25.9. The van der Waals surface area contributed by atoms with Crippen LogP contribution in [0.3, 0.4) is 0 Å². The lowest BCUT2D eigenvalue weighted by atomic mass is 9.85. The highest BCUT2D eigenvalue weighted by Crippen LogP contribution is 2.30. The number of alkyl halides is 3. The fraction of sp³-hybridized carbons (Fsp3) is 0.440. The number of anilines is 1. The van der Waals surface area contributed by atoms with Crippen molar-refractivity contribution in [2.24, 2.45) is 17.6 Å². The van der Waals surface area contributed by atoms with E-state index in [0.717, 1.165) is 42.6 Å². The van der Waals surface area contributed by atoms with Gasteiger partial charge in [-0.2, -0.15) is 13.2 Å². The number of aromatic nitrogens is 3. The largest absolute Gasteiger partial charge is 0.419 e. The number of piperidine rings is 1. The summed E-state index contributed by atoms with van der Waals surface area (Å²) in [5.41, 5.74) is 5.90. The number of aryl methyl sites for hydroxylation is 1. The van der Waals surface area contributed by atoms with Crippen molar-refractivity contribution in [2.45, 2.75) is 38.9 Å². The third-order valence-corrected chi connectivity index (χ3v) is 6.84. The van der Waals surface area contributed by atoms with Crippen LogP contribution < -0.4 is 16.0 Å². The summed E-state index contributed by atoms with van der Waals surface area (Å²) >= 11 is 0. The second-order valence-electron chi connectivity index (χ2n) is 9.17. The molecule has 0 saturated carbocycles. The van der Waals surface area contributed by atoms with Crippen LogP contribution >= 0.6 is 0 Å². The first kappa shape index (κ1) is 25.5. The number of nitrogens with one attached hydrogen (secondary N) is 1. The van der Waals surface area contributed by atoms with E-state index in [1.807, 2.05) is 34.7 Å². The maximum Gasteiger partial charge on any atom is 0.419 e. The molecule has 8 nitrogen and oxygen atoms in total. The molecular formula is C25H29F3N6O2. The molecule has 1 fully saturated rings. The Morgan fingerprint density at radius 2 is 1.86 bits per heavy atom. The summed E-state index contributed by atoms with van der Waals surface area (Å²) in [6.07, 6.45) is 1.29. The van der Waals surface area contributed by atoms with E-state index in [2.05, 4.69) is 15.3 Å². The van der Waals surface area contributed by atoms with Gasteiger partial charge in [-0.1, -0.05) is 13.0 Å². The summed E-state index contributed by atoms with van der Waals surface area (Å²) in [7, 11) is 0. The Balaban J connectivity index is 1.22. The van der Waals surface area contributed by atoms with Gasteiger partial charge in [0.25, 0.3) is 0 Å². The van der Waals surface area contributed by atoms with E-state index in [1.165, 1.54) is 0 Å². The van der Waals surface area contributed by atoms with Gasteiger partial charge in [0.05, 0.1) is 5.56 Å². The lowest BCUT2D eigenvalue weighted by molar-refractivity contribution is -0.138. The minimum atomic E-state index is -4.46. The number of hydrogen-bond acceptors (Lipinski definition) is 5. The van der Waals surface area contributed by atoms with Crippen LogP contribution in [0.1, 0.15) is 42.1 Å². The molecule has 1 aromatic carbocycles. The van der Waals surface area contributed by atoms with E-state index < -0.39 is 17.6 Å². The SMILES string of the molecule is CC(C(=O)NCCCn1ccc2ccc(C(N)=O)cc21)C1CCN(c2ncc(C(F)(F)F)cn2)CC1. The predicted octanol–water partition coefficient (Wildman–Crippen LogP) is 3.61. The van der Waals surface area contributed by atoms with Crippen molar-refractivity contribution in [3.8, 4) is 0 Å². The fourth-order valence-electron chi connectivity index (χ4n) is 4.60. The van der Waals surface area contributed by atoms with E-state index in [1.54, 1.807) is 12.1 Å². The van der Waals surface area contributed by atoms with E-state index in [9.17, 15) is 22.8 Å². The van der Waals surface area contributed by atoms with Gasteiger partial charge in [-0.05, 0) is 48.8 Å². The molecule has 4 rings (SSSR count). The highest BCUT2D eigenvalue weighted by atomic mass is 19.4. The van der Waals surface area contributed by atoms with Crippen LogP contribution in [0, 0.1) is 11.8 Å². The first-order valence-electron chi connectivity index (χ1n) is 11.9. The van der Waals surface area contributed by atoms with Crippen molar-refractivity contribution < 1.29 is 22.8 Å². The van der Waals surface area contributed by atoms with E-state index in [0.29, 0.717) is 31.7 Å². The number of rotatable bonds is 8. The second kappa shape index (κ2) is 10.5. The van der Waals surface area contributed by atoms with Gasteiger partial charge >= 0.3 is 6.18 Å². The molecular weight excluding hydrogens is 473 g/mol. The average molecular weight is 503 g/mol. The minimum Gasteiger partial charge on any atom is -0.366 e. The van der Waals surface area contributed by atoms with Gasteiger partial charge in [0.1, 0.15) is 0 Å². The van der Waals surface area contributed by atoms with Gasteiger partial charge in [0, 0.05) is 61.8 Å². The van der Waals surface area contributed by atoms with Crippen LogP contribution in [0.15, 0.2) is 42.9 Å². The monoisotopic (exact) mass is 502 g/mol. The lowest BCUT2D eigenvalue weighted by Gasteiger charge is -2.34. The number of benzene rings is 1. The molecule has 36 heavy (non-hydrogen) atoms. The quantitative estimate of drug-likeness (QED) is 0.458. The predicted molar refractivity (Wildman–Crippen MR) is 129 cm³/mol. The molecule has 192 valence electrons. The Bertz CT molecular complexity index is 1220. The van der Waals surface area contributed by atoms with Gasteiger partial charge in [0.2, 0.25) is 17.8 Å². The molecule has 11 heteroatoms. The van der Waals surface area contributed by atoms with Crippen molar-refractivity contribution in [2.75, 3.05) is 24.5 Å². The van der Waals surface area contributed by atoms with Crippen molar-refractivity contribution in [3.05, 3.63) is 54.0 Å². The molecule has 3 N–H and O–H groups in total. The molecule has 0 spiro atoms. The summed E-state index contributed by atoms with van der Waals surface area (Å²) in [6, 6.07) is 7.32. The number of hydrogen-bond donors (Lipinski definition) is 2. The minimum absolute atomic E-state index is 0.00684. The van der Waals surface area contributed by atoms with Crippen LogP contribution in [-0.4, -0.2) is 46.0 Å². The average Bonchev–Trinajstić information content (AvgIpc) is 3.28. The third kappa shape index (κ3) is 5.77. The Morgan fingerprint density at radius 1 is 1.17 bits per heavy atom. The highest BCUT2D eigenvalue weighted by Gasteiger charge is 2.32. The first-order valence-corrected chi connectivity index (χ1v) is 11.9. The Kier molecular flexibility index (Phi) is 7.46. The van der Waals surface area contributed by atoms with Crippen LogP contribution in [0.5, 0.6) is 0 Å². The number of nitrogens with two attached hydrogens (primary N) is 1. The lowest BCUT2D eigenvalue weighted by Crippen LogP contribution is -2.41. The summed E-state index contributed by atoms with van der Waals surface area (Å²) in [5.74, 6) is -0.196. The standard InChI is InChI=1S/C25H29F3N6O2/c1-16(17-5-11-34(12-6-17)24-31-14-20(15-32-24)25(26,27)28)23(36)30-8-2-9-33-10-7-18-3-4-19(22(29)35)13-21(18)33/h3-4,7,10,13-17H,2,5-6,8-9,11-12H2,1H3,(H2,29,35)(H,30,36). The molecule has 1 aliphatic heterocycles. The summed E-state index contributed by atoms with van der Waals surface area (Å²) in [5, 5.41) is 4.03. The first-order chi connectivity index (χ1) is 17.1.